The Morgan fingerprint density at radius 1 is 1.29 bits per heavy atom. The number of hydrogen-bond donors (Lipinski definition) is 4. The van der Waals surface area contributed by atoms with Crippen molar-refractivity contribution < 1.29 is 19.8 Å². The van der Waals surface area contributed by atoms with Gasteiger partial charge in [0, 0.05) is 0 Å². The Morgan fingerprint density at radius 3 is 2.21 bits per heavy atom. The van der Waals surface area contributed by atoms with E-state index in [9.17, 15) is 9.59 Å². The number of nitrogens with one attached hydrogen (secondary N) is 1. The third kappa shape index (κ3) is 7.35. The van der Waals surface area contributed by atoms with E-state index >= 15 is 0 Å². The smallest absolute Gasteiger partial charge is 0.405 e. The van der Waals surface area contributed by atoms with Crippen LogP contribution in [0.4, 0.5) is 4.79 Å². The van der Waals surface area contributed by atoms with Crippen molar-refractivity contribution in [1.82, 2.24) is 5.32 Å². The molecule has 6 nitrogen and oxygen atoms in total. The first-order valence-corrected chi connectivity index (χ1v) is 4.00. The third-order valence-electron chi connectivity index (χ3n) is 1.54. The van der Waals surface area contributed by atoms with Gasteiger partial charge < -0.3 is 21.3 Å². The topological polar surface area (TPSA) is 113 Å². The SMILES string of the molecule is C.NCCCCC(NC(=O)O)C(=O)O. The molecule has 84 valence electrons. The van der Waals surface area contributed by atoms with E-state index < -0.39 is 18.1 Å². The summed E-state index contributed by atoms with van der Waals surface area (Å²) in [5.41, 5.74) is 5.21. The van der Waals surface area contributed by atoms with E-state index in [1.54, 1.807) is 0 Å². The predicted octanol–water partition coefficient (Wildman–Crippen LogP) is 0.472. The molecule has 0 saturated heterocycles. The van der Waals surface area contributed by atoms with E-state index in [-0.39, 0.29) is 13.8 Å². The van der Waals surface area contributed by atoms with Crippen molar-refractivity contribution in [1.29, 1.82) is 0 Å². The molecule has 6 heteroatoms. The van der Waals surface area contributed by atoms with Crippen molar-refractivity contribution in [3.8, 4) is 0 Å². The van der Waals surface area contributed by atoms with E-state index in [1.807, 2.05) is 5.32 Å². The molecule has 1 amide bonds. The van der Waals surface area contributed by atoms with Gasteiger partial charge in [0.1, 0.15) is 6.04 Å². The van der Waals surface area contributed by atoms with Crippen LogP contribution in [-0.4, -0.2) is 34.9 Å². The Bertz CT molecular complexity index is 184. The van der Waals surface area contributed by atoms with Gasteiger partial charge in [-0.25, -0.2) is 9.59 Å². The van der Waals surface area contributed by atoms with Crippen LogP contribution in [0.1, 0.15) is 26.7 Å². The molecule has 0 bridgehead atoms. The minimum absolute atomic E-state index is 0. The molecule has 0 aliphatic heterocycles. The molecule has 0 spiro atoms. The van der Waals surface area contributed by atoms with Crippen molar-refractivity contribution in [2.24, 2.45) is 5.73 Å². The molecule has 0 saturated carbocycles. The largest absolute Gasteiger partial charge is 0.480 e. The zero-order valence-corrected chi connectivity index (χ0v) is 7.19. The number of unbranched alkanes of at least 4 members (excludes halogenated alkanes) is 1. The summed E-state index contributed by atoms with van der Waals surface area (Å²) in [6, 6.07) is -1.02. The summed E-state index contributed by atoms with van der Waals surface area (Å²) < 4.78 is 0. The lowest BCUT2D eigenvalue weighted by atomic mass is 10.1. The second-order valence-corrected chi connectivity index (χ2v) is 2.62. The number of amides is 1. The summed E-state index contributed by atoms with van der Waals surface area (Å²) >= 11 is 0. The van der Waals surface area contributed by atoms with E-state index in [0.717, 1.165) is 0 Å². The minimum Gasteiger partial charge on any atom is -0.480 e. The van der Waals surface area contributed by atoms with Crippen LogP contribution in [0.3, 0.4) is 0 Å². The molecule has 0 aromatic carbocycles. The van der Waals surface area contributed by atoms with Gasteiger partial charge >= 0.3 is 12.1 Å². The Kier molecular flexibility index (Phi) is 9.01. The van der Waals surface area contributed by atoms with E-state index in [4.69, 9.17) is 15.9 Å². The van der Waals surface area contributed by atoms with Crippen LogP contribution in [0, 0.1) is 0 Å². The first-order chi connectivity index (χ1) is 6.07. The maximum Gasteiger partial charge on any atom is 0.405 e. The Balaban J connectivity index is 0. The molecule has 0 fully saturated rings. The molecule has 0 radical (unpaired) electrons. The first-order valence-electron chi connectivity index (χ1n) is 4.00. The Hall–Kier alpha value is -1.30. The zero-order chi connectivity index (χ0) is 10.3. The van der Waals surface area contributed by atoms with Crippen LogP contribution < -0.4 is 11.1 Å². The molecule has 1 unspecified atom stereocenters. The number of aliphatic carboxylic acids is 1. The fourth-order valence-corrected chi connectivity index (χ4v) is 0.899. The average Bonchev–Trinajstić information content (AvgIpc) is 2.02. The highest BCUT2D eigenvalue weighted by Crippen LogP contribution is 2.00. The molecule has 14 heavy (non-hydrogen) atoms. The molecule has 0 rings (SSSR count). The van der Waals surface area contributed by atoms with Crippen LogP contribution in [0.25, 0.3) is 0 Å². The Labute approximate surface area is 83.1 Å². The van der Waals surface area contributed by atoms with Crippen LogP contribution in [-0.2, 0) is 4.79 Å². The number of nitrogens with two attached hydrogens (primary N) is 1. The van der Waals surface area contributed by atoms with Gasteiger partial charge in [-0.1, -0.05) is 7.43 Å². The molecule has 0 aromatic heterocycles. The maximum atomic E-state index is 10.5. The van der Waals surface area contributed by atoms with Gasteiger partial charge in [0.2, 0.25) is 0 Å². The molecule has 1 atom stereocenters. The summed E-state index contributed by atoms with van der Waals surface area (Å²) in [6.07, 6.45) is 0.262. The van der Waals surface area contributed by atoms with Gasteiger partial charge in [-0.2, -0.15) is 0 Å². The predicted molar refractivity (Wildman–Crippen MR) is 52.2 cm³/mol. The molecule has 5 N–H and O–H groups in total. The van der Waals surface area contributed by atoms with E-state index in [2.05, 4.69) is 0 Å². The van der Waals surface area contributed by atoms with E-state index in [0.29, 0.717) is 19.4 Å². The highest BCUT2D eigenvalue weighted by Gasteiger charge is 2.18. The summed E-state index contributed by atoms with van der Waals surface area (Å²) in [4.78, 5) is 20.6. The molecular formula is C8H18N2O4. The maximum absolute atomic E-state index is 10.5. The van der Waals surface area contributed by atoms with E-state index in [1.165, 1.54) is 0 Å². The summed E-state index contributed by atoms with van der Waals surface area (Å²) in [5.74, 6) is -1.15. The van der Waals surface area contributed by atoms with Crippen LogP contribution >= 0.6 is 0 Å². The third-order valence-corrected chi connectivity index (χ3v) is 1.54. The lowest BCUT2D eigenvalue weighted by Gasteiger charge is -2.10. The normalized spacial score (nSPS) is 11.2. The summed E-state index contributed by atoms with van der Waals surface area (Å²) in [6.45, 7) is 0.486. The first kappa shape index (κ1) is 15.2. The number of carboxylic acid groups (broad SMARTS) is 2. The number of carboxylic acids is 1. The lowest BCUT2D eigenvalue weighted by molar-refractivity contribution is -0.139. The number of rotatable bonds is 6. The van der Waals surface area contributed by atoms with Gasteiger partial charge in [0.15, 0.2) is 0 Å². The van der Waals surface area contributed by atoms with Crippen molar-refractivity contribution in [3.63, 3.8) is 0 Å². The van der Waals surface area contributed by atoms with Crippen molar-refractivity contribution in [2.75, 3.05) is 6.54 Å². The molecule has 0 aliphatic carbocycles. The highest BCUT2D eigenvalue weighted by molar-refractivity contribution is 5.78. The minimum atomic E-state index is -1.32. The second-order valence-electron chi connectivity index (χ2n) is 2.62. The second kappa shape index (κ2) is 8.31. The van der Waals surface area contributed by atoms with Gasteiger partial charge in [0.05, 0.1) is 0 Å². The van der Waals surface area contributed by atoms with Gasteiger partial charge in [-0.3, -0.25) is 0 Å². The quantitative estimate of drug-likeness (QED) is 0.472. The standard InChI is InChI=1S/C7H14N2O4.CH4/c8-4-2-1-3-5(6(10)11)9-7(12)13;/h5,9H,1-4,8H2,(H,10,11)(H,12,13);1H4. The van der Waals surface area contributed by atoms with Crippen molar-refractivity contribution >= 4 is 12.1 Å². The highest BCUT2D eigenvalue weighted by atomic mass is 16.4. The monoisotopic (exact) mass is 206 g/mol. The van der Waals surface area contributed by atoms with Gasteiger partial charge in [0.25, 0.3) is 0 Å². The van der Waals surface area contributed by atoms with Crippen molar-refractivity contribution in [2.45, 2.75) is 32.7 Å². The molecule has 0 heterocycles. The fraction of sp³-hybridized carbons (Fsp3) is 0.750. The lowest BCUT2D eigenvalue weighted by Crippen LogP contribution is -2.39. The van der Waals surface area contributed by atoms with Crippen molar-refractivity contribution in [3.05, 3.63) is 0 Å². The average molecular weight is 206 g/mol. The fourth-order valence-electron chi connectivity index (χ4n) is 0.899. The van der Waals surface area contributed by atoms with Gasteiger partial charge in [-0.15, -0.1) is 0 Å². The van der Waals surface area contributed by atoms with Gasteiger partial charge in [-0.05, 0) is 25.8 Å². The number of carbonyl (C=O) groups is 2. The van der Waals surface area contributed by atoms with Crippen LogP contribution in [0.2, 0.25) is 0 Å². The van der Waals surface area contributed by atoms with Crippen LogP contribution in [0.5, 0.6) is 0 Å². The summed E-state index contributed by atoms with van der Waals surface area (Å²) in [5, 5.41) is 18.8. The van der Waals surface area contributed by atoms with Crippen LogP contribution in [0.15, 0.2) is 0 Å². The molecular weight excluding hydrogens is 188 g/mol. The number of hydrogen-bond acceptors (Lipinski definition) is 3. The zero-order valence-electron chi connectivity index (χ0n) is 7.19. The summed E-state index contributed by atoms with van der Waals surface area (Å²) in [7, 11) is 0. The molecule has 0 aliphatic rings. The Morgan fingerprint density at radius 2 is 1.86 bits per heavy atom. The molecule has 0 aromatic rings.